The lowest BCUT2D eigenvalue weighted by atomic mass is 9.93. The third kappa shape index (κ3) is 6.65. The fourth-order valence-corrected chi connectivity index (χ4v) is 2.60. The van der Waals surface area contributed by atoms with Crippen molar-refractivity contribution < 1.29 is 18.0 Å². The van der Waals surface area contributed by atoms with Gasteiger partial charge in [-0.3, -0.25) is 9.69 Å². The maximum Gasteiger partial charge on any atom is 0.401 e. The standard InChI is InChI=1S/C14H26F3N3O/c1-10(2)19-13(3,12(18)21)7-4-8-20(11-5-6-11)9-14(15,16)17/h10-11,19H,4-9H2,1-3H3,(H2,18,21). The molecule has 1 aliphatic carbocycles. The van der Waals surface area contributed by atoms with Crippen molar-refractivity contribution in [2.75, 3.05) is 13.1 Å². The van der Waals surface area contributed by atoms with Crippen LogP contribution in [0.25, 0.3) is 0 Å². The number of nitrogens with one attached hydrogen (secondary N) is 1. The van der Waals surface area contributed by atoms with Gasteiger partial charge in [0, 0.05) is 12.1 Å². The van der Waals surface area contributed by atoms with E-state index in [1.165, 1.54) is 4.90 Å². The molecule has 0 spiro atoms. The maximum absolute atomic E-state index is 12.5. The van der Waals surface area contributed by atoms with E-state index in [9.17, 15) is 18.0 Å². The van der Waals surface area contributed by atoms with Crippen molar-refractivity contribution in [3.05, 3.63) is 0 Å². The van der Waals surface area contributed by atoms with Crippen LogP contribution in [-0.2, 0) is 4.79 Å². The van der Waals surface area contributed by atoms with Gasteiger partial charge in [0.15, 0.2) is 0 Å². The molecule has 0 aliphatic heterocycles. The van der Waals surface area contributed by atoms with Crippen LogP contribution in [0.1, 0.15) is 46.5 Å². The third-order valence-corrected chi connectivity index (χ3v) is 3.72. The Kier molecular flexibility index (Phi) is 6.04. The molecule has 1 atom stereocenters. The van der Waals surface area contributed by atoms with Crippen molar-refractivity contribution in [3.8, 4) is 0 Å². The van der Waals surface area contributed by atoms with Crippen LogP contribution in [0.5, 0.6) is 0 Å². The fourth-order valence-electron chi connectivity index (χ4n) is 2.60. The molecule has 1 unspecified atom stereocenters. The van der Waals surface area contributed by atoms with E-state index in [4.69, 9.17) is 5.73 Å². The molecular weight excluding hydrogens is 283 g/mol. The first-order valence-corrected chi connectivity index (χ1v) is 7.42. The number of nitrogens with zero attached hydrogens (tertiary/aromatic N) is 1. The van der Waals surface area contributed by atoms with Gasteiger partial charge in [0.1, 0.15) is 0 Å². The van der Waals surface area contributed by atoms with Gasteiger partial charge in [0.05, 0.1) is 12.1 Å². The lowest BCUT2D eigenvalue weighted by Gasteiger charge is -2.31. The summed E-state index contributed by atoms with van der Waals surface area (Å²) in [7, 11) is 0. The van der Waals surface area contributed by atoms with Crippen LogP contribution in [0.2, 0.25) is 0 Å². The first-order chi connectivity index (χ1) is 9.53. The molecule has 1 fully saturated rings. The summed E-state index contributed by atoms with van der Waals surface area (Å²) < 4.78 is 37.6. The minimum atomic E-state index is -4.17. The summed E-state index contributed by atoms with van der Waals surface area (Å²) in [6, 6.07) is 0.127. The summed E-state index contributed by atoms with van der Waals surface area (Å²) in [6.45, 7) is 4.98. The molecule has 1 aliphatic rings. The van der Waals surface area contributed by atoms with Gasteiger partial charge in [-0.15, -0.1) is 0 Å². The van der Waals surface area contributed by atoms with E-state index >= 15 is 0 Å². The summed E-state index contributed by atoms with van der Waals surface area (Å²) in [4.78, 5) is 13.0. The highest BCUT2D eigenvalue weighted by atomic mass is 19.4. The van der Waals surface area contributed by atoms with Crippen LogP contribution >= 0.6 is 0 Å². The van der Waals surface area contributed by atoms with Crippen LogP contribution in [0.15, 0.2) is 0 Å². The Morgan fingerprint density at radius 1 is 1.38 bits per heavy atom. The number of hydrogen-bond donors (Lipinski definition) is 2. The zero-order valence-corrected chi connectivity index (χ0v) is 13.0. The van der Waals surface area contributed by atoms with E-state index in [0.29, 0.717) is 19.4 Å². The number of hydrogen-bond acceptors (Lipinski definition) is 3. The van der Waals surface area contributed by atoms with Crippen LogP contribution in [-0.4, -0.2) is 47.7 Å². The number of nitrogens with two attached hydrogens (primary N) is 1. The second-order valence-electron chi connectivity index (χ2n) is 6.42. The summed E-state index contributed by atoms with van der Waals surface area (Å²) in [5.74, 6) is -0.468. The highest BCUT2D eigenvalue weighted by molar-refractivity contribution is 5.84. The van der Waals surface area contributed by atoms with Crippen molar-refractivity contribution in [1.82, 2.24) is 10.2 Å². The van der Waals surface area contributed by atoms with Gasteiger partial charge in [-0.1, -0.05) is 0 Å². The number of halogens is 3. The average molecular weight is 309 g/mol. The normalized spacial score (nSPS) is 19.0. The number of alkyl halides is 3. The number of amides is 1. The predicted octanol–water partition coefficient (Wildman–Crippen LogP) is 2.04. The van der Waals surface area contributed by atoms with Crippen LogP contribution in [0.4, 0.5) is 13.2 Å². The van der Waals surface area contributed by atoms with E-state index in [1.807, 2.05) is 13.8 Å². The Morgan fingerprint density at radius 2 is 1.95 bits per heavy atom. The first kappa shape index (κ1) is 18.2. The number of rotatable bonds is 9. The van der Waals surface area contributed by atoms with Crippen molar-refractivity contribution in [3.63, 3.8) is 0 Å². The monoisotopic (exact) mass is 309 g/mol. The molecule has 1 rings (SSSR count). The van der Waals surface area contributed by atoms with E-state index in [-0.39, 0.29) is 12.1 Å². The molecule has 0 aromatic rings. The zero-order valence-electron chi connectivity index (χ0n) is 13.0. The van der Waals surface area contributed by atoms with E-state index in [1.54, 1.807) is 6.92 Å². The SMILES string of the molecule is CC(C)NC(C)(CCCN(CC(F)(F)F)C1CC1)C(N)=O. The summed E-state index contributed by atoms with van der Waals surface area (Å²) in [5, 5.41) is 3.11. The van der Waals surface area contributed by atoms with Crippen molar-refractivity contribution in [2.45, 2.75) is 70.3 Å². The summed E-state index contributed by atoms with van der Waals surface area (Å²) in [5.41, 5.74) is 4.54. The van der Waals surface area contributed by atoms with E-state index < -0.39 is 24.2 Å². The van der Waals surface area contributed by atoms with Gasteiger partial charge in [0.25, 0.3) is 0 Å². The van der Waals surface area contributed by atoms with Crippen LogP contribution in [0.3, 0.4) is 0 Å². The minimum Gasteiger partial charge on any atom is -0.368 e. The summed E-state index contributed by atoms with van der Waals surface area (Å²) in [6.07, 6.45) is -1.58. The van der Waals surface area contributed by atoms with Crippen molar-refractivity contribution >= 4 is 5.91 Å². The van der Waals surface area contributed by atoms with Gasteiger partial charge < -0.3 is 11.1 Å². The Labute approximate surface area is 124 Å². The van der Waals surface area contributed by atoms with Gasteiger partial charge in [-0.2, -0.15) is 13.2 Å². The minimum absolute atomic E-state index is 0.0458. The average Bonchev–Trinajstić information content (AvgIpc) is 3.08. The highest BCUT2D eigenvalue weighted by Crippen LogP contribution is 2.30. The van der Waals surface area contributed by atoms with Gasteiger partial charge in [0.2, 0.25) is 5.91 Å². The van der Waals surface area contributed by atoms with Gasteiger partial charge in [-0.25, -0.2) is 0 Å². The summed E-state index contributed by atoms with van der Waals surface area (Å²) >= 11 is 0. The lowest BCUT2D eigenvalue weighted by Crippen LogP contribution is -2.55. The molecule has 0 aromatic heterocycles. The molecule has 0 saturated heterocycles. The smallest absolute Gasteiger partial charge is 0.368 e. The number of primary amides is 1. The van der Waals surface area contributed by atoms with Gasteiger partial charge >= 0.3 is 6.18 Å². The third-order valence-electron chi connectivity index (χ3n) is 3.72. The first-order valence-electron chi connectivity index (χ1n) is 7.42. The molecule has 3 N–H and O–H groups in total. The van der Waals surface area contributed by atoms with Gasteiger partial charge in [-0.05, 0) is 53.0 Å². The Balaban J connectivity index is 2.49. The molecule has 1 amide bonds. The van der Waals surface area contributed by atoms with Crippen molar-refractivity contribution in [2.24, 2.45) is 5.73 Å². The van der Waals surface area contributed by atoms with E-state index in [0.717, 1.165) is 12.8 Å². The van der Waals surface area contributed by atoms with E-state index in [2.05, 4.69) is 5.32 Å². The molecule has 7 heteroatoms. The largest absolute Gasteiger partial charge is 0.401 e. The topological polar surface area (TPSA) is 58.4 Å². The molecule has 0 aromatic carbocycles. The molecule has 4 nitrogen and oxygen atoms in total. The Morgan fingerprint density at radius 3 is 2.33 bits per heavy atom. The molecule has 21 heavy (non-hydrogen) atoms. The number of carbonyl (C=O) groups excluding carboxylic acids is 1. The Bertz CT molecular complexity index is 356. The lowest BCUT2D eigenvalue weighted by molar-refractivity contribution is -0.147. The van der Waals surface area contributed by atoms with Crippen molar-refractivity contribution in [1.29, 1.82) is 0 Å². The second-order valence-corrected chi connectivity index (χ2v) is 6.42. The zero-order chi connectivity index (χ0) is 16.3. The molecular formula is C14H26F3N3O. The molecule has 0 radical (unpaired) electrons. The Hall–Kier alpha value is -0.820. The molecule has 0 bridgehead atoms. The fraction of sp³-hybridized carbons (Fsp3) is 0.929. The predicted molar refractivity (Wildman–Crippen MR) is 75.8 cm³/mol. The highest BCUT2D eigenvalue weighted by Gasteiger charge is 2.38. The molecule has 124 valence electrons. The van der Waals surface area contributed by atoms with Crippen LogP contribution < -0.4 is 11.1 Å². The quantitative estimate of drug-likeness (QED) is 0.685. The van der Waals surface area contributed by atoms with Crippen LogP contribution in [0, 0.1) is 0 Å². The number of carbonyl (C=O) groups is 1. The molecule has 1 saturated carbocycles. The molecule has 0 heterocycles. The maximum atomic E-state index is 12.5. The second kappa shape index (κ2) is 6.96.